The van der Waals surface area contributed by atoms with E-state index in [1.165, 1.54) is 5.56 Å². The third-order valence-electron chi connectivity index (χ3n) is 2.89. The molecule has 3 nitrogen and oxygen atoms in total. The molecule has 3 N–H and O–H groups in total. The van der Waals surface area contributed by atoms with E-state index < -0.39 is 0 Å². The fourth-order valence-electron chi connectivity index (χ4n) is 2.30. The van der Waals surface area contributed by atoms with Crippen molar-refractivity contribution < 1.29 is 4.79 Å². The molecule has 0 fully saturated rings. The molecular weight excluding hydrogens is 188 g/mol. The van der Waals surface area contributed by atoms with Gasteiger partial charge in [-0.3, -0.25) is 4.79 Å². The number of benzene rings is 1. The zero-order chi connectivity index (χ0) is 10.8. The molecule has 1 aromatic carbocycles. The largest absolute Gasteiger partial charge is 0.382 e. The summed E-state index contributed by atoms with van der Waals surface area (Å²) in [5.74, 6) is 0.0545. The van der Waals surface area contributed by atoms with Gasteiger partial charge in [-0.1, -0.05) is 18.2 Å². The minimum absolute atomic E-state index is 0.219. The Balaban J connectivity index is 2.29. The lowest BCUT2D eigenvalue weighted by atomic mass is 9.85. The smallest absolute Gasteiger partial charge is 0.218 e. The molecule has 15 heavy (non-hydrogen) atoms. The number of amides is 1. The van der Waals surface area contributed by atoms with E-state index in [9.17, 15) is 4.79 Å². The summed E-state index contributed by atoms with van der Waals surface area (Å²) in [5.41, 5.74) is 7.62. The molecule has 0 saturated heterocycles. The molecule has 0 saturated carbocycles. The van der Waals surface area contributed by atoms with Crippen LogP contribution in [0.25, 0.3) is 0 Å². The molecule has 2 rings (SSSR count). The van der Waals surface area contributed by atoms with Crippen LogP contribution in [0.5, 0.6) is 0 Å². The fourth-order valence-corrected chi connectivity index (χ4v) is 2.30. The predicted molar refractivity (Wildman–Crippen MR) is 60.7 cm³/mol. The first-order valence-electron chi connectivity index (χ1n) is 5.30. The van der Waals surface area contributed by atoms with E-state index in [-0.39, 0.29) is 11.8 Å². The summed E-state index contributed by atoms with van der Waals surface area (Å²) in [6.45, 7) is 2.13. The Bertz CT molecular complexity index is 376. The van der Waals surface area contributed by atoms with Crippen LogP contribution in [0, 0.1) is 0 Å². The molecule has 3 heteroatoms. The van der Waals surface area contributed by atoms with Gasteiger partial charge in [-0.05, 0) is 30.9 Å². The molecule has 1 amide bonds. The molecule has 2 atom stereocenters. The van der Waals surface area contributed by atoms with Crippen LogP contribution in [0.4, 0.5) is 5.69 Å². The average Bonchev–Trinajstić information content (AvgIpc) is 2.16. The number of anilines is 1. The third kappa shape index (κ3) is 2.12. The first-order chi connectivity index (χ1) is 7.16. The van der Waals surface area contributed by atoms with Crippen LogP contribution in [0.1, 0.15) is 31.2 Å². The van der Waals surface area contributed by atoms with E-state index in [1.807, 2.05) is 12.1 Å². The second-order valence-electron chi connectivity index (χ2n) is 4.24. The van der Waals surface area contributed by atoms with Crippen LogP contribution in [0.15, 0.2) is 24.3 Å². The normalized spacial score (nSPS) is 24.1. The zero-order valence-electron chi connectivity index (χ0n) is 8.86. The molecule has 0 radical (unpaired) electrons. The summed E-state index contributed by atoms with van der Waals surface area (Å²) < 4.78 is 0. The van der Waals surface area contributed by atoms with E-state index in [2.05, 4.69) is 24.4 Å². The molecule has 0 aromatic heterocycles. The molecule has 1 aliphatic rings. The van der Waals surface area contributed by atoms with Crippen LogP contribution < -0.4 is 11.1 Å². The van der Waals surface area contributed by atoms with E-state index in [1.54, 1.807) is 0 Å². The van der Waals surface area contributed by atoms with Gasteiger partial charge in [-0.2, -0.15) is 0 Å². The number of rotatable bonds is 2. The number of carbonyl (C=O) groups excluding carboxylic acids is 1. The monoisotopic (exact) mass is 204 g/mol. The Labute approximate surface area is 89.7 Å². The van der Waals surface area contributed by atoms with E-state index in [0.717, 1.165) is 12.1 Å². The summed E-state index contributed by atoms with van der Waals surface area (Å²) in [6.07, 6.45) is 1.42. The number of carbonyl (C=O) groups is 1. The van der Waals surface area contributed by atoms with Crippen molar-refractivity contribution in [2.24, 2.45) is 5.73 Å². The SMILES string of the molecule is CC1CC(CC(N)=O)c2ccccc2N1. The first kappa shape index (κ1) is 10.0. The number of nitrogens with one attached hydrogen (secondary N) is 1. The Morgan fingerprint density at radius 2 is 2.27 bits per heavy atom. The highest BCUT2D eigenvalue weighted by atomic mass is 16.1. The molecule has 80 valence electrons. The van der Waals surface area contributed by atoms with Gasteiger partial charge in [0.15, 0.2) is 0 Å². The van der Waals surface area contributed by atoms with Crippen LogP contribution in [0.2, 0.25) is 0 Å². The maximum absolute atomic E-state index is 11.0. The van der Waals surface area contributed by atoms with Gasteiger partial charge in [0.05, 0.1) is 0 Å². The highest BCUT2D eigenvalue weighted by molar-refractivity contribution is 5.75. The van der Waals surface area contributed by atoms with Gasteiger partial charge in [-0.25, -0.2) is 0 Å². The van der Waals surface area contributed by atoms with Crippen molar-refractivity contribution in [1.82, 2.24) is 0 Å². The standard InChI is InChI=1S/C12H16N2O/c1-8-6-9(7-12(13)15)10-4-2-3-5-11(10)14-8/h2-5,8-9,14H,6-7H2,1H3,(H2,13,15). The van der Waals surface area contributed by atoms with Gasteiger partial charge in [0.25, 0.3) is 0 Å². The molecule has 0 aliphatic carbocycles. The molecule has 0 spiro atoms. The maximum atomic E-state index is 11.0. The number of fused-ring (bicyclic) bond motifs is 1. The highest BCUT2D eigenvalue weighted by Crippen LogP contribution is 2.35. The maximum Gasteiger partial charge on any atom is 0.218 e. The number of hydrogen-bond donors (Lipinski definition) is 2. The van der Waals surface area contributed by atoms with E-state index in [0.29, 0.717) is 12.5 Å². The minimum Gasteiger partial charge on any atom is -0.382 e. The fraction of sp³-hybridized carbons (Fsp3) is 0.417. The van der Waals surface area contributed by atoms with Crippen molar-refractivity contribution in [3.05, 3.63) is 29.8 Å². The lowest BCUT2D eigenvalue weighted by molar-refractivity contribution is -0.118. The van der Waals surface area contributed by atoms with Gasteiger partial charge in [0.2, 0.25) is 5.91 Å². The Morgan fingerprint density at radius 1 is 1.53 bits per heavy atom. The minimum atomic E-state index is -0.219. The molecule has 1 heterocycles. The van der Waals surface area contributed by atoms with Gasteiger partial charge in [0.1, 0.15) is 0 Å². The summed E-state index contributed by atoms with van der Waals surface area (Å²) in [5, 5.41) is 3.41. The Morgan fingerprint density at radius 3 is 3.00 bits per heavy atom. The lowest BCUT2D eigenvalue weighted by Crippen LogP contribution is -2.27. The third-order valence-corrected chi connectivity index (χ3v) is 2.89. The second-order valence-corrected chi connectivity index (χ2v) is 4.24. The van der Waals surface area contributed by atoms with Crippen LogP contribution in [0.3, 0.4) is 0 Å². The van der Waals surface area contributed by atoms with Crippen molar-refractivity contribution >= 4 is 11.6 Å². The van der Waals surface area contributed by atoms with E-state index in [4.69, 9.17) is 5.73 Å². The quantitative estimate of drug-likeness (QED) is 0.772. The Kier molecular flexibility index (Phi) is 2.62. The molecular formula is C12H16N2O. The highest BCUT2D eigenvalue weighted by Gasteiger charge is 2.24. The number of nitrogens with two attached hydrogens (primary N) is 1. The number of primary amides is 1. The summed E-state index contributed by atoms with van der Waals surface area (Å²) in [7, 11) is 0. The zero-order valence-corrected chi connectivity index (χ0v) is 8.86. The molecule has 1 aromatic rings. The van der Waals surface area contributed by atoms with Crippen molar-refractivity contribution in [2.75, 3.05) is 5.32 Å². The predicted octanol–water partition coefficient (Wildman–Crippen LogP) is 1.85. The number of hydrogen-bond acceptors (Lipinski definition) is 2. The molecule has 1 aliphatic heterocycles. The summed E-state index contributed by atoms with van der Waals surface area (Å²) in [4.78, 5) is 11.0. The van der Waals surface area contributed by atoms with Crippen LogP contribution in [-0.2, 0) is 4.79 Å². The summed E-state index contributed by atoms with van der Waals surface area (Å²) >= 11 is 0. The van der Waals surface area contributed by atoms with Crippen LogP contribution >= 0.6 is 0 Å². The average molecular weight is 204 g/mol. The second kappa shape index (κ2) is 3.93. The number of para-hydroxylation sites is 1. The van der Waals surface area contributed by atoms with Crippen molar-refractivity contribution in [3.63, 3.8) is 0 Å². The first-order valence-corrected chi connectivity index (χ1v) is 5.30. The van der Waals surface area contributed by atoms with Gasteiger partial charge in [0, 0.05) is 18.2 Å². The van der Waals surface area contributed by atoms with Crippen molar-refractivity contribution in [2.45, 2.75) is 31.7 Å². The van der Waals surface area contributed by atoms with Gasteiger partial charge in [-0.15, -0.1) is 0 Å². The van der Waals surface area contributed by atoms with E-state index >= 15 is 0 Å². The lowest BCUT2D eigenvalue weighted by Gasteiger charge is -2.30. The van der Waals surface area contributed by atoms with Crippen molar-refractivity contribution in [1.29, 1.82) is 0 Å². The molecule has 0 bridgehead atoms. The van der Waals surface area contributed by atoms with Crippen molar-refractivity contribution in [3.8, 4) is 0 Å². The van der Waals surface area contributed by atoms with Crippen LogP contribution in [-0.4, -0.2) is 11.9 Å². The molecule has 2 unspecified atom stereocenters. The van der Waals surface area contributed by atoms with Gasteiger partial charge < -0.3 is 11.1 Å². The summed E-state index contributed by atoms with van der Waals surface area (Å²) in [6, 6.07) is 8.54. The van der Waals surface area contributed by atoms with Gasteiger partial charge >= 0.3 is 0 Å². The topological polar surface area (TPSA) is 55.1 Å². The Hall–Kier alpha value is -1.51.